The average molecular weight is 243 g/mol. The van der Waals surface area contributed by atoms with Gasteiger partial charge in [-0.15, -0.1) is 0 Å². The van der Waals surface area contributed by atoms with Gasteiger partial charge in [0, 0.05) is 29.7 Å². The molecule has 1 aromatic heterocycles. The Morgan fingerprint density at radius 2 is 2.28 bits per heavy atom. The number of H-pyrrole nitrogens is 1. The van der Waals surface area contributed by atoms with Crippen LogP contribution in [0.25, 0.3) is 10.9 Å². The number of hydrogen-bond acceptors (Lipinski definition) is 2. The summed E-state index contributed by atoms with van der Waals surface area (Å²) in [5.41, 5.74) is 8.07. The van der Waals surface area contributed by atoms with Crippen LogP contribution < -0.4 is 5.73 Å². The van der Waals surface area contributed by atoms with Gasteiger partial charge in [0.2, 0.25) is 0 Å². The number of anilines is 1. The second kappa shape index (κ2) is 4.05. The van der Waals surface area contributed by atoms with E-state index < -0.39 is 0 Å². The first-order valence-electron chi connectivity index (χ1n) is 6.31. The monoisotopic (exact) mass is 243 g/mol. The Morgan fingerprint density at radius 3 is 3.00 bits per heavy atom. The van der Waals surface area contributed by atoms with Crippen LogP contribution in [0.3, 0.4) is 0 Å². The highest BCUT2D eigenvalue weighted by Gasteiger charge is 2.25. The van der Waals surface area contributed by atoms with Gasteiger partial charge in [-0.3, -0.25) is 4.79 Å². The predicted octanol–water partition coefficient (Wildman–Crippen LogP) is 2.23. The standard InChI is InChI=1S/C14H17N3O/c1-9-4-5-17(8-9)14(18)13-7-10-6-11(15)2-3-12(10)16-13/h2-3,6-7,9,16H,4-5,8,15H2,1H3. The highest BCUT2D eigenvalue weighted by atomic mass is 16.2. The molecular formula is C14H17N3O. The van der Waals surface area contributed by atoms with Crippen molar-refractivity contribution in [3.63, 3.8) is 0 Å². The number of aromatic nitrogens is 1. The van der Waals surface area contributed by atoms with Crippen molar-refractivity contribution in [2.24, 2.45) is 5.92 Å². The number of hydrogen-bond donors (Lipinski definition) is 2. The van der Waals surface area contributed by atoms with Crippen molar-refractivity contribution < 1.29 is 4.79 Å². The topological polar surface area (TPSA) is 62.1 Å². The van der Waals surface area contributed by atoms with Gasteiger partial charge >= 0.3 is 0 Å². The van der Waals surface area contributed by atoms with Crippen LogP contribution in [0.1, 0.15) is 23.8 Å². The van der Waals surface area contributed by atoms with Gasteiger partial charge < -0.3 is 15.6 Å². The van der Waals surface area contributed by atoms with Gasteiger partial charge in [-0.2, -0.15) is 0 Å². The molecule has 0 spiro atoms. The van der Waals surface area contributed by atoms with Crippen molar-refractivity contribution in [1.82, 2.24) is 9.88 Å². The van der Waals surface area contributed by atoms with Crippen molar-refractivity contribution in [3.05, 3.63) is 30.0 Å². The maximum Gasteiger partial charge on any atom is 0.270 e. The van der Waals surface area contributed by atoms with Crippen molar-refractivity contribution in [3.8, 4) is 0 Å². The molecule has 0 aliphatic carbocycles. The number of nitrogens with two attached hydrogens (primary N) is 1. The summed E-state index contributed by atoms with van der Waals surface area (Å²) in [6, 6.07) is 7.52. The fourth-order valence-corrected chi connectivity index (χ4v) is 2.56. The second-order valence-corrected chi connectivity index (χ2v) is 5.17. The lowest BCUT2D eigenvalue weighted by Gasteiger charge is -2.14. The molecule has 1 unspecified atom stereocenters. The molecule has 1 atom stereocenters. The third-order valence-corrected chi connectivity index (χ3v) is 3.59. The minimum absolute atomic E-state index is 0.0918. The highest BCUT2D eigenvalue weighted by molar-refractivity contribution is 5.98. The molecule has 1 fully saturated rings. The van der Waals surface area contributed by atoms with E-state index >= 15 is 0 Å². The van der Waals surface area contributed by atoms with Gasteiger partial charge in [0.15, 0.2) is 0 Å². The first-order valence-corrected chi connectivity index (χ1v) is 6.31. The van der Waals surface area contributed by atoms with Gasteiger partial charge in [-0.05, 0) is 36.6 Å². The molecule has 1 aliphatic heterocycles. The fraction of sp³-hybridized carbons (Fsp3) is 0.357. The number of nitrogens with one attached hydrogen (secondary N) is 1. The van der Waals surface area contributed by atoms with Crippen molar-refractivity contribution in [1.29, 1.82) is 0 Å². The van der Waals surface area contributed by atoms with E-state index in [1.54, 1.807) is 0 Å². The number of nitrogens with zero attached hydrogens (tertiary/aromatic N) is 1. The SMILES string of the molecule is CC1CCN(C(=O)c2cc3cc(N)ccc3[nH]2)C1. The molecule has 1 aromatic carbocycles. The summed E-state index contributed by atoms with van der Waals surface area (Å²) in [5.74, 6) is 0.697. The van der Waals surface area contributed by atoms with Crippen LogP contribution in [0, 0.1) is 5.92 Å². The van der Waals surface area contributed by atoms with Crippen LogP contribution >= 0.6 is 0 Å². The van der Waals surface area contributed by atoms with E-state index in [0.29, 0.717) is 11.6 Å². The number of amides is 1. The summed E-state index contributed by atoms with van der Waals surface area (Å²) in [7, 11) is 0. The number of nitrogen functional groups attached to an aromatic ring is 1. The molecule has 4 nitrogen and oxygen atoms in total. The predicted molar refractivity (Wildman–Crippen MR) is 72.4 cm³/mol. The molecule has 4 heteroatoms. The number of carbonyl (C=O) groups is 1. The first kappa shape index (κ1) is 11.1. The zero-order chi connectivity index (χ0) is 12.7. The zero-order valence-corrected chi connectivity index (χ0v) is 10.4. The average Bonchev–Trinajstić information content (AvgIpc) is 2.93. The largest absolute Gasteiger partial charge is 0.399 e. The summed E-state index contributed by atoms with van der Waals surface area (Å²) < 4.78 is 0. The molecule has 0 saturated carbocycles. The minimum Gasteiger partial charge on any atom is -0.399 e. The number of benzene rings is 1. The first-order chi connectivity index (χ1) is 8.63. The fourth-order valence-electron chi connectivity index (χ4n) is 2.56. The Balaban J connectivity index is 1.92. The second-order valence-electron chi connectivity index (χ2n) is 5.17. The zero-order valence-electron chi connectivity index (χ0n) is 10.4. The van der Waals surface area contributed by atoms with Gasteiger partial charge in [0.1, 0.15) is 5.69 Å². The van der Waals surface area contributed by atoms with Crippen LogP contribution in [0.5, 0.6) is 0 Å². The van der Waals surface area contributed by atoms with E-state index in [4.69, 9.17) is 5.73 Å². The summed E-state index contributed by atoms with van der Waals surface area (Å²) in [4.78, 5) is 17.4. The summed E-state index contributed by atoms with van der Waals surface area (Å²) in [6.45, 7) is 3.90. The molecule has 3 N–H and O–H groups in total. The lowest BCUT2D eigenvalue weighted by atomic mass is 10.2. The lowest BCUT2D eigenvalue weighted by Crippen LogP contribution is -2.28. The molecular weight excluding hydrogens is 226 g/mol. The van der Waals surface area contributed by atoms with Crippen LogP contribution in [0.4, 0.5) is 5.69 Å². The maximum atomic E-state index is 12.3. The molecule has 94 valence electrons. The van der Waals surface area contributed by atoms with Crippen molar-refractivity contribution >= 4 is 22.5 Å². The highest BCUT2D eigenvalue weighted by Crippen LogP contribution is 2.22. The quantitative estimate of drug-likeness (QED) is 0.754. The maximum absolute atomic E-state index is 12.3. The molecule has 1 amide bonds. The Labute approximate surface area is 106 Å². The van der Waals surface area contributed by atoms with E-state index in [1.165, 1.54) is 0 Å². The van der Waals surface area contributed by atoms with Crippen molar-refractivity contribution in [2.75, 3.05) is 18.8 Å². The Bertz CT molecular complexity index is 602. The van der Waals surface area contributed by atoms with E-state index in [0.717, 1.165) is 36.1 Å². The molecule has 0 radical (unpaired) electrons. The number of rotatable bonds is 1. The number of aromatic amines is 1. The molecule has 1 saturated heterocycles. The lowest BCUT2D eigenvalue weighted by molar-refractivity contribution is 0.0783. The summed E-state index contributed by atoms with van der Waals surface area (Å²) >= 11 is 0. The molecule has 2 aromatic rings. The van der Waals surface area contributed by atoms with E-state index in [9.17, 15) is 4.79 Å². The number of fused-ring (bicyclic) bond motifs is 1. The van der Waals surface area contributed by atoms with Crippen LogP contribution in [0.2, 0.25) is 0 Å². The Hall–Kier alpha value is -1.97. The minimum atomic E-state index is 0.0918. The van der Waals surface area contributed by atoms with Crippen molar-refractivity contribution in [2.45, 2.75) is 13.3 Å². The van der Waals surface area contributed by atoms with Gasteiger partial charge in [-0.25, -0.2) is 0 Å². The van der Waals surface area contributed by atoms with Crippen LogP contribution in [0.15, 0.2) is 24.3 Å². The molecule has 2 heterocycles. The van der Waals surface area contributed by atoms with Gasteiger partial charge in [0.25, 0.3) is 5.91 Å². The van der Waals surface area contributed by atoms with Crippen LogP contribution in [-0.2, 0) is 0 Å². The van der Waals surface area contributed by atoms with E-state index in [1.807, 2.05) is 29.2 Å². The van der Waals surface area contributed by atoms with E-state index in [2.05, 4.69) is 11.9 Å². The summed E-state index contributed by atoms with van der Waals surface area (Å²) in [5, 5.41) is 0.991. The molecule has 0 bridgehead atoms. The molecule has 18 heavy (non-hydrogen) atoms. The number of likely N-dealkylation sites (tertiary alicyclic amines) is 1. The van der Waals surface area contributed by atoms with Crippen LogP contribution in [-0.4, -0.2) is 28.9 Å². The third-order valence-electron chi connectivity index (χ3n) is 3.59. The molecule has 1 aliphatic rings. The number of carbonyl (C=O) groups excluding carboxylic acids is 1. The third kappa shape index (κ3) is 1.83. The molecule has 3 rings (SSSR count). The van der Waals surface area contributed by atoms with E-state index in [-0.39, 0.29) is 5.91 Å². The normalized spacial score (nSPS) is 19.6. The van der Waals surface area contributed by atoms with Gasteiger partial charge in [-0.1, -0.05) is 6.92 Å². The Kier molecular flexibility index (Phi) is 2.51. The van der Waals surface area contributed by atoms with Gasteiger partial charge in [0.05, 0.1) is 0 Å². The Morgan fingerprint density at radius 1 is 1.44 bits per heavy atom. The smallest absolute Gasteiger partial charge is 0.270 e. The summed E-state index contributed by atoms with van der Waals surface area (Å²) in [6.07, 6.45) is 1.10.